The third kappa shape index (κ3) is 2.80. The molecule has 0 N–H and O–H groups in total. The molecular formula is C18H25ClN2O4S. The van der Waals surface area contributed by atoms with Crippen LogP contribution in [-0.2, 0) is 16.4 Å². The summed E-state index contributed by atoms with van der Waals surface area (Å²) >= 11 is 0. The molecule has 1 aromatic carbocycles. The highest BCUT2D eigenvalue weighted by atomic mass is 35.5. The molecule has 1 aromatic rings. The van der Waals surface area contributed by atoms with Crippen LogP contribution in [0.2, 0.25) is 0 Å². The molecule has 0 aromatic heterocycles. The van der Waals surface area contributed by atoms with Crippen molar-refractivity contribution in [1.82, 2.24) is 9.21 Å². The van der Waals surface area contributed by atoms with E-state index in [1.54, 1.807) is 4.31 Å². The number of rotatable bonds is 1. The molecule has 4 aliphatic rings. The maximum Gasteiger partial charge on any atom is 0.231 e. The lowest BCUT2D eigenvalue weighted by Crippen LogP contribution is -2.57. The van der Waals surface area contributed by atoms with Gasteiger partial charge in [0.25, 0.3) is 0 Å². The van der Waals surface area contributed by atoms with Gasteiger partial charge in [-0.1, -0.05) is 6.07 Å². The number of sulfonamides is 1. The summed E-state index contributed by atoms with van der Waals surface area (Å²) in [4.78, 5) is 2.55. The Morgan fingerprint density at radius 3 is 2.85 bits per heavy atom. The fraction of sp³-hybridized carbons (Fsp3) is 0.667. The van der Waals surface area contributed by atoms with Gasteiger partial charge < -0.3 is 9.47 Å². The number of hydrogen-bond acceptors (Lipinski definition) is 5. The Kier molecular flexibility index (Phi) is 4.62. The highest BCUT2D eigenvalue weighted by molar-refractivity contribution is 7.88. The van der Waals surface area contributed by atoms with E-state index in [0.29, 0.717) is 19.3 Å². The zero-order chi connectivity index (χ0) is 17.2. The molecular weight excluding hydrogens is 376 g/mol. The Bertz CT molecular complexity index is 816. The minimum absolute atomic E-state index is 0. The molecule has 0 saturated carbocycles. The van der Waals surface area contributed by atoms with Crippen LogP contribution in [0.4, 0.5) is 0 Å². The van der Waals surface area contributed by atoms with Crippen molar-refractivity contribution in [1.29, 1.82) is 0 Å². The van der Waals surface area contributed by atoms with Crippen LogP contribution in [0.15, 0.2) is 12.1 Å². The summed E-state index contributed by atoms with van der Waals surface area (Å²) in [6.07, 6.45) is 5.32. The second-order valence-corrected chi connectivity index (χ2v) is 9.64. The van der Waals surface area contributed by atoms with Crippen molar-refractivity contribution >= 4 is 22.4 Å². The summed E-state index contributed by atoms with van der Waals surface area (Å²) in [7, 11) is -3.15. The van der Waals surface area contributed by atoms with Crippen LogP contribution in [0.25, 0.3) is 0 Å². The molecule has 3 atom stereocenters. The van der Waals surface area contributed by atoms with E-state index in [1.807, 2.05) is 6.07 Å². The Balaban J connectivity index is 0.00000168. The van der Waals surface area contributed by atoms with Crippen molar-refractivity contribution in [3.8, 4) is 11.5 Å². The summed E-state index contributed by atoms with van der Waals surface area (Å²) in [5.74, 6) is 2.20. The summed E-state index contributed by atoms with van der Waals surface area (Å²) in [5.41, 5.74) is 2.56. The van der Waals surface area contributed by atoms with E-state index < -0.39 is 10.0 Å². The van der Waals surface area contributed by atoms with Gasteiger partial charge >= 0.3 is 0 Å². The van der Waals surface area contributed by atoms with Crippen LogP contribution < -0.4 is 9.47 Å². The van der Waals surface area contributed by atoms with E-state index in [4.69, 9.17) is 9.47 Å². The van der Waals surface area contributed by atoms with E-state index in [1.165, 1.54) is 17.4 Å². The van der Waals surface area contributed by atoms with Crippen LogP contribution in [0, 0.1) is 5.92 Å². The van der Waals surface area contributed by atoms with Gasteiger partial charge in [-0.05, 0) is 43.2 Å². The maximum atomic E-state index is 12.3. The second kappa shape index (κ2) is 6.55. The van der Waals surface area contributed by atoms with Gasteiger partial charge in [0, 0.05) is 37.3 Å². The van der Waals surface area contributed by atoms with E-state index >= 15 is 0 Å². The van der Waals surface area contributed by atoms with Gasteiger partial charge in [0.1, 0.15) is 0 Å². The molecule has 0 radical (unpaired) electrons. The minimum Gasteiger partial charge on any atom is -0.454 e. The molecule has 0 aliphatic carbocycles. The Morgan fingerprint density at radius 2 is 2.04 bits per heavy atom. The van der Waals surface area contributed by atoms with Gasteiger partial charge in [-0.2, -0.15) is 4.31 Å². The second-order valence-electron chi connectivity index (χ2n) is 7.71. The quantitative estimate of drug-likeness (QED) is 0.723. The van der Waals surface area contributed by atoms with Crippen molar-refractivity contribution < 1.29 is 17.9 Å². The predicted molar refractivity (Wildman–Crippen MR) is 101 cm³/mol. The van der Waals surface area contributed by atoms with Gasteiger partial charge in [0.05, 0.1) is 6.26 Å². The zero-order valence-corrected chi connectivity index (χ0v) is 16.5. The largest absolute Gasteiger partial charge is 0.454 e. The summed E-state index contributed by atoms with van der Waals surface area (Å²) in [6, 6.07) is 4.57. The number of nitrogens with zero attached hydrogens (tertiary/aromatic N) is 2. The number of halogens is 1. The van der Waals surface area contributed by atoms with E-state index in [9.17, 15) is 8.42 Å². The first kappa shape index (κ1) is 18.3. The molecule has 144 valence electrons. The van der Waals surface area contributed by atoms with Crippen LogP contribution in [0.1, 0.15) is 36.4 Å². The molecule has 5 rings (SSSR count). The third-order valence-corrected chi connectivity index (χ3v) is 7.66. The molecule has 0 amide bonds. The molecule has 0 spiro atoms. The maximum absolute atomic E-state index is 12.3. The highest BCUT2D eigenvalue weighted by Crippen LogP contribution is 2.48. The SMILES string of the molecule is CS(=O)(=O)N1CCC[C@@H]2CN3CCc4c(ccc5c4OCO5)[C@@H]3C[C@@H]21.Cl. The average molecular weight is 401 g/mol. The van der Waals surface area contributed by atoms with E-state index in [-0.39, 0.29) is 24.5 Å². The van der Waals surface area contributed by atoms with Gasteiger partial charge in [-0.25, -0.2) is 8.42 Å². The normalized spacial score (nSPS) is 30.7. The first-order chi connectivity index (χ1) is 12.0. The molecule has 0 bridgehead atoms. The lowest BCUT2D eigenvalue weighted by atomic mass is 9.77. The molecule has 4 aliphatic heterocycles. The third-order valence-electron chi connectivity index (χ3n) is 6.35. The summed E-state index contributed by atoms with van der Waals surface area (Å²) in [5, 5.41) is 0. The minimum atomic E-state index is -3.15. The zero-order valence-electron chi connectivity index (χ0n) is 14.9. The smallest absolute Gasteiger partial charge is 0.231 e. The number of piperidine rings is 2. The number of benzene rings is 1. The number of ether oxygens (including phenoxy) is 2. The lowest BCUT2D eigenvalue weighted by molar-refractivity contribution is 0.0219. The molecule has 2 saturated heterocycles. The van der Waals surface area contributed by atoms with Crippen molar-refractivity contribution in [2.75, 3.05) is 32.7 Å². The van der Waals surface area contributed by atoms with Crippen LogP contribution in [0.5, 0.6) is 11.5 Å². The summed E-state index contributed by atoms with van der Waals surface area (Å²) < 4.78 is 37.6. The molecule has 2 fully saturated rings. The fourth-order valence-electron chi connectivity index (χ4n) is 5.29. The Hall–Kier alpha value is -1.02. The van der Waals surface area contributed by atoms with E-state index in [0.717, 1.165) is 50.3 Å². The highest BCUT2D eigenvalue weighted by Gasteiger charge is 2.45. The molecule has 26 heavy (non-hydrogen) atoms. The van der Waals surface area contributed by atoms with Crippen LogP contribution >= 0.6 is 12.4 Å². The van der Waals surface area contributed by atoms with E-state index in [2.05, 4.69) is 11.0 Å². The topological polar surface area (TPSA) is 59.1 Å². The van der Waals surface area contributed by atoms with Crippen molar-refractivity contribution in [2.45, 2.75) is 37.8 Å². The first-order valence-corrected chi connectivity index (χ1v) is 11.0. The number of hydrogen-bond donors (Lipinski definition) is 0. The molecule has 0 unspecified atom stereocenters. The predicted octanol–water partition coefficient (Wildman–Crippen LogP) is 2.18. The fourth-order valence-corrected chi connectivity index (χ4v) is 6.50. The van der Waals surface area contributed by atoms with Gasteiger partial charge in [0.2, 0.25) is 16.8 Å². The Morgan fingerprint density at radius 1 is 1.19 bits per heavy atom. The Labute approximate surface area is 160 Å². The average Bonchev–Trinajstić information content (AvgIpc) is 3.07. The van der Waals surface area contributed by atoms with Crippen molar-refractivity contribution in [3.05, 3.63) is 23.3 Å². The monoisotopic (exact) mass is 400 g/mol. The van der Waals surface area contributed by atoms with Gasteiger partial charge in [-0.3, -0.25) is 4.90 Å². The van der Waals surface area contributed by atoms with Crippen LogP contribution in [0.3, 0.4) is 0 Å². The van der Waals surface area contributed by atoms with Crippen molar-refractivity contribution in [3.63, 3.8) is 0 Å². The molecule has 4 heterocycles. The van der Waals surface area contributed by atoms with Crippen molar-refractivity contribution in [2.24, 2.45) is 5.92 Å². The van der Waals surface area contributed by atoms with Crippen LogP contribution in [-0.4, -0.2) is 56.3 Å². The van der Waals surface area contributed by atoms with Gasteiger partial charge in [0.15, 0.2) is 11.5 Å². The lowest BCUT2D eigenvalue weighted by Gasteiger charge is -2.51. The summed E-state index contributed by atoms with van der Waals surface area (Å²) in [6.45, 7) is 2.97. The standard InChI is InChI=1S/C18H24N2O4S.ClH/c1-25(21,22)20-7-2-3-12-10-19-8-6-14-13(16(19)9-15(12)20)4-5-17-18(14)24-11-23-17;/h4-5,12,15-16H,2-3,6-11H2,1H3;1H/t12-,15+,16+;/m1./s1. The molecule has 6 nitrogen and oxygen atoms in total. The molecule has 8 heteroatoms. The number of fused-ring (bicyclic) bond motifs is 6. The first-order valence-electron chi connectivity index (χ1n) is 9.14. The van der Waals surface area contributed by atoms with Gasteiger partial charge in [-0.15, -0.1) is 12.4 Å².